The van der Waals surface area contributed by atoms with Gasteiger partial charge in [-0.15, -0.1) is 0 Å². The van der Waals surface area contributed by atoms with Crippen molar-refractivity contribution in [3.63, 3.8) is 0 Å². The van der Waals surface area contributed by atoms with E-state index < -0.39 is 0 Å². The molecular weight excluding hydrogens is 600 g/mol. The van der Waals surface area contributed by atoms with Gasteiger partial charge in [-0.1, -0.05) is 42.3 Å². The minimum atomic E-state index is 0.265. The number of nitriles is 1. The van der Waals surface area contributed by atoms with E-state index in [2.05, 4.69) is 46.4 Å². The molecule has 2 aliphatic heterocycles. The number of halogens is 1. The van der Waals surface area contributed by atoms with E-state index in [9.17, 15) is 5.26 Å². The first-order chi connectivity index (χ1) is 22.6. The molecule has 0 spiro atoms. The van der Waals surface area contributed by atoms with Crippen LogP contribution in [0.2, 0.25) is 5.02 Å². The molecule has 46 heavy (non-hydrogen) atoms. The smallest absolute Gasteiger partial charge is 0.161 e. The highest BCUT2D eigenvalue weighted by Crippen LogP contribution is 2.37. The Morgan fingerprint density at radius 2 is 1.74 bits per heavy atom. The van der Waals surface area contributed by atoms with Crippen molar-refractivity contribution in [1.82, 2.24) is 15.2 Å². The Kier molecular flexibility index (Phi) is 10.6. The molecule has 6 rings (SSSR count). The summed E-state index contributed by atoms with van der Waals surface area (Å²) in [4.78, 5) is 6.68. The SMILES string of the molecule is Cc1c(COc2cc(OCc3cncc(C#N)c3)c(CNCCN3CCCCC3)cc2Cl)cccc1-c1ccc2c(c1)OCCO2. The van der Waals surface area contributed by atoms with Gasteiger partial charge >= 0.3 is 0 Å². The topological polar surface area (TPSA) is 88.9 Å². The molecule has 1 N–H and O–H groups in total. The second kappa shape index (κ2) is 15.3. The van der Waals surface area contributed by atoms with Crippen molar-refractivity contribution in [3.8, 4) is 40.2 Å². The van der Waals surface area contributed by atoms with Gasteiger partial charge in [0.1, 0.15) is 44.0 Å². The third-order valence-electron chi connectivity index (χ3n) is 8.48. The average Bonchev–Trinajstić information content (AvgIpc) is 3.10. The van der Waals surface area contributed by atoms with E-state index in [0.29, 0.717) is 48.5 Å². The Morgan fingerprint density at radius 3 is 2.59 bits per heavy atom. The van der Waals surface area contributed by atoms with Crippen LogP contribution in [0.15, 0.2) is 67.0 Å². The number of pyridine rings is 1. The van der Waals surface area contributed by atoms with Gasteiger partial charge in [0.15, 0.2) is 11.5 Å². The molecule has 0 atom stereocenters. The van der Waals surface area contributed by atoms with Crippen LogP contribution in [0.25, 0.3) is 11.1 Å². The zero-order valence-corrected chi connectivity index (χ0v) is 26.9. The van der Waals surface area contributed by atoms with E-state index in [-0.39, 0.29) is 6.61 Å². The van der Waals surface area contributed by atoms with Crippen LogP contribution in [-0.2, 0) is 19.8 Å². The third kappa shape index (κ3) is 7.91. The summed E-state index contributed by atoms with van der Waals surface area (Å²) in [5, 5.41) is 13.4. The minimum absolute atomic E-state index is 0.265. The highest BCUT2D eigenvalue weighted by Gasteiger charge is 2.17. The summed E-state index contributed by atoms with van der Waals surface area (Å²) >= 11 is 6.80. The van der Waals surface area contributed by atoms with E-state index in [4.69, 9.17) is 30.5 Å². The maximum absolute atomic E-state index is 9.29. The number of fused-ring (bicyclic) bond motifs is 1. The van der Waals surface area contributed by atoms with E-state index >= 15 is 0 Å². The third-order valence-corrected chi connectivity index (χ3v) is 8.78. The molecule has 0 aliphatic carbocycles. The van der Waals surface area contributed by atoms with Crippen LogP contribution < -0.4 is 24.3 Å². The lowest BCUT2D eigenvalue weighted by Crippen LogP contribution is -2.35. The zero-order valence-electron chi connectivity index (χ0n) is 26.2. The highest BCUT2D eigenvalue weighted by molar-refractivity contribution is 6.32. The normalized spacial score (nSPS) is 14.5. The lowest BCUT2D eigenvalue weighted by atomic mass is 9.96. The van der Waals surface area contributed by atoms with Crippen molar-refractivity contribution in [3.05, 3.63) is 99.8 Å². The van der Waals surface area contributed by atoms with Crippen molar-refractivity contribution < 1.29 is 18.9 Å². The zero-order chi connectivity index (χ0) is 31.7. The fourth-order valence-electron chi connectivity index (χ4n) is 5.91. The first-order valence-corrected chi connectivity index (χ1v) is 16.3. The summed E-state index contributed by atoms with van der Waals surface area (Å²) in [6, 6.07) is 20.0. The number of piperidine rings is 1. The molecule has 0 saturated carbocycles. The molecule has 9 heteroatoms. The van der Waals surface area contributed by atoms with Gasteiger partial charge in [-0.3, -0.25) is 4.98 Å². The molecule has 3 heterocycles. The number of likely N-dealkylation sites (tertiary alicyclic amines) is 1. The monoisotopic (exact) mass is 638 g/mol. The number of rotatable bonds is 12. The van der Waals surface area contributed by atoms with Crippen LogP contribution in [0.3, 0.4) is 0 Å². The van der Waals surface area contributed by atoms with Crippen LogP contribution in [-0.4, -0.2) is 49.3 Å². The Balaban J connectivity index is 1.17. The largest absolute Gasteiger partial charge is 0.488 e. The molecule has 238 valence electrons. The molecule has 1 saturated heterocycles. The first-order valence-electron chi connectivity index (χ1n) is 15.9. The summed E-state index contributed by atoms with van der Waals surface area (Å²) in [6.45, 7) is 8.66. The molecular formula is C37H39ClN4O4. The first kappa shape index (κ1) is 31.7. The molecule has 4 aromatic rings. The number of nitrogens with one attached hydrogen (secondary N) is 1. The molecule has 1 fully saturated rings. The molecule has 0 unspecified atom stereocenters. The molecule has 0 radical (unpaired) electrons. The highest BCUT2D eigenvalue weighted by atomic mass is 35.5. The predicted octanol–water partition coefficient (Wildman–Crippen LogP) is 7.09. The van der Waals surface area contributed by atoms with Gasteiger partial charge in [0, 0.05) is 49.2 Å². The van der Waals surface area contributed by atoms with Crippen LogP contribution >= 0.6 is 11.6 Å². The van der Waals surface area contributed by atoms with Gasteiger partial charge in [-0.25, -0.2) is 0 Å². The Labute approximate surface area is 275 Å². The fraction of sp³-hybridized carbons (Fsp3) is 0.351. The lowest BCUT2D eigenvalue weighted by molar-refractivity contribution is 0.171. The second-order valence-electron chi connectivity index (χ2n) is 11.7. The maximum Gasteiger partial charge on any atom is 0.161 e. The number of hydrogen-bond acceptors (Lipinski definition) is 8. The van der Waals surface area contributed by atoms with Gasteiger partial charge in [0.25, 0.3) is 0 Å². The Bertz CT molecular complexity index is 1700. The molecule has 0 bridgehead atoms. The molecule has 8 nitrogen and oxygen atoms in total. The van der Waals surface area contributed by atoms with Crippen LogP contribution in [0.1, 0.15) is 47.1 Å². The molecule has 1 aromatic heterocycles. The Morgan fingerprint density at radius 1 is 0.913 bits per heavy atom. The van der Waals surface area contributed by atoms with E-state index in [1.165, 1.54) is 32.4 Å². The fourth-order valence-corrected chi connectivity index (χ4v) is 6.15. The number of hydrogen-bond donors (Lipinski definition) is 1. The van der Waals surface area contributed by atoms with Gasteiger partial charge in [-0.05, 0) is 79.4 Å². The molecule has 2 aliphatic rings. The standard InChI is InChI=1S/C37H39ClN4O4/c1-26-30(6-5-7-32(26)29-8-9-34-37(18-29)44-15-14-43-34)25-46-36-19-35(45-24-28-16-27(20-39)21-41-22-28)31(17-33(36)38)23-40-10-13-42-11-3-2-4-12-42/h5-9,16-19,21-22,40H,2-4,10-15,23-25H2,1H3. The second-order valence-corrected chi connectivity index (χ2v) is 12.1. The van der Waals surface area contributed by atoms with Gasteiger partial charge in [0.2, 0.25) is 0 Å². The van der Waals surface area contributed by atoms with Gasteiger partial charge in [-0.2, -0.15) is 5.26 Å². The van der Waals surface area contributed by atoms with E-state index in [1.807, 2.05) is 30.3 Å². The van der Waals surface area contributed by atoms with Crippen molar-refractivity contribution in [2.45, 2.75) is 45.9 Å². The lowest BCUT2D eigenvalue weighted by Gasteiger charge is -2.26. The van der Waals surface area contributed by atoms with Gasteiger partial charge < -0.3 is 29.2 Å². The predicted molar refractivity (Wildman–Crippen MR) is 179 cm³/mol. The number of ether oxygens (including phenoxy) is 4. The maximum atomic E-state index is 9.29. The summed E-state index contributed by atoms with van der Waals surface area (Å²) in [5.74, 6) is 2.76. The van der Waals surface area contributed by atoms with Crippen LogP contribution in [0.5, 0.6) is 23.0 Å². The van der Waals surface area contributed by atoms with Crippen LogP contribution in [0.4, 0.5) is 0 Å². The van der Waals surface area contributed by atoms with E-state index in [0.717, 1.165) is 58.0 Å². The summed E-state index contributed by atoms with van der Waals surface area (Å²) in [5.41, 5.74) is 6.58. The van der Waals surface area contributed by atoms with Crippen molar-refractivity contribution >= 4 is 11.6 Å². The van der Waals surface area contributed by atoms with Gasteiger partial charge in [0.05, 0.1) is 10.6 Å². The van der Waals surface area contributed by atoms with Crippen molar-refractivity contribution in [2.75, 3.05) is 39.4 Å². The molecule has 3 aromatic carbocycles. The molecule has 0 amide bonds. The van der Waals surface area contributed by atoms with Crippen LogP contribution in [0, 0.1) is 18.3 Å². The minimum Gasteiger partial charge on any atom is -0.488 e. The number of benzene rings is 3. The number of aromatic nitrogens is 1. The Hall–Kier alpha value is -4.29. The van der Waals surface area contributed by atoms with Crippen molar-refractivity contribution in [2.24, 2.45) is 0 Å². The van der Waals surface area contributed by atoms with Crippen molar-refractivity contribution in [1.29, 1.82) is 5.26 Å². The summed E-state index contributed by atoms with van der Waals surface area (Å²) < 4.78 is 24.2. The quantitative estimate of drug-likeness (QED) is 0.165. The summed E-state index contributed by atoms with van der Waals surface area (Å²) in [7, 11) is 0. The number of nitrogens with zero attached hydrogens (tertiary/aromatic N) is 3. The van der Waals surface area contributed by atoms with E-state index in [1.54, 1.807) is 18.5 Å². The summed E-state index contributed by atoms with van der Waals surface area (Å²) in [6.07, 6.45) is 7.13. The average molecular weight is 639 g/mol.